The summed E-state index contributed by atoms with van der Waals surface area (Å²) in [6, 6.07) is 6.76. The van der Waals surface area contributed by atoms with Crippen LogP contribution in [0.1, 0.15) is 11.3 Å². The molecule has 9 heteroatoms. The van der Waals surface area contributed by atoms with E-state index in [4.69, 9.17) is 0 Å². The second-order valence-electron chi connectivity index (χ2n) is 4.48. The van der Waals surface area contributed by atoms with Crippen LogP contribution < -0.4 is 4.90 Å². The zero-order chi connectivity index (χ0) is 16.3. The maximum Gasteiger partial charge on any atom is 0.433 e. The van der Waals surface area contributed by atoms with Gasteiger partial charge in [0.15, 0.2) is 0 Å². The van der Waals surface area contributed by atoms with E-state index in [1.165, 1.54) is 30.1 Å². The standard InChI is InChI=1S/C13H11F3N4O2/c1-19(8-9-4-2-3-5-10(9)20(21)22)12-17-7-6-11(18-12)13(14,15)16/h2-7H,8H2,1H3. The van der Waals surface area contributed by atoms with Crippen molar-refractivity contribution in [3.8, 4) is 0 Å². The summed E-state index contributed by atoms with van der Waals surface area (Å²) < 4.78 is 37.9. The van der Waals surface area contributed by atoms with Crippen LogP contribution in [0, 0.1) is 10.1 Å². The molecular weight excluding hydrogens is 301 g/mol. The lowest BCUT2D eigenvalue weighted by atomic mass is 10.2. The highest BCUT2D eigenvalue weighted by Crippen LogP contribution is 2.28. The Bertz CT molecular complexity index is 691. The third-order valence-electron chi connectivity index (χ3n) is 2.87. The van der Waals surface area contributed by atoms with E-state index in [9.17, 15) is 23.3 Å². The van der Waals surface area contributed by atoms with Gasteiger partial charge in [-0.05, 0) is 6.07 Å². The topological polar surface area (TPSA) is 72.2 Å². The summed E-state index contributed by atoms with van der Waals surface area (Å²) in [5, 5.41) is 10.9. The maximum atomic E-state index is 12.6. The van der Waals surface area contributed by atoms with E-state index < -0.39 is 16.8 Å². The lowest BCUT2D eigenvalue weighted by Crippen LogP contribution is -2.21. The molecule has 0 aliphatic heterocycles. The molecule has 0 N–H and O–H groups in total. The van der Waals surface area contributed by atoms with Crippen LogP contribution in [0.25, 0.3) is 0 Å². The molecule has 2 rings (SSSR count). The minimum absolute atomic E-state index is 0.0124. The van der Waals surface area contributed by atoms with Crippen molar-refractivity contribution in [2.75, 3.05) is 11.9 Å². The first-order valence-corrected chi connectivity index (χ1v) is 6.12. The molecule has 0 spiro atoms. The van der Waals surface area contributed by atoms with Crippen molar-refractivity contribution in [1.29, 1.82) is 0 Å². The van der Waals surface area contributed by atoms with E-state index in [1.807, 2.05) is 0 Å². The minimum Gasteiger partial charge on any atom is -0.339 e. The number of hydrogen-bond acceptors (Lipinski definition) is 5. The van der Waals surface area contributed by atoms with Gasteiger partial charge in [-0.2, -0.15) is 13.2 Å². The number of nitro benzene ring substituents is 1. The summed E-state index contributed by atoms with van der Waals surface area (Å²) in [6.45, 7) is 0.0124. The summed E-state index contributed by atoms with van der Waals surface area (Å²) in [5.74, 6) is -0.159. The average Bonchev–Trinajstić information content (AvgIpc) is 2.47. The number of hydrogen-bond donors (Lipinski definition) is 0. The SMILES string of the molecule is CN(Cc1ccccc1[N+](=O)[O-])c1nccc(C(F)(F)F)n1. The molecule has 0 aliphatic carbocycles. The van der Waals surface area contributed by atoms with Gasteiger partial charge in [-0.15, -0.1) is 0 Å². The fourth-order valence-corrected chi connectivity index (χ4v) is 1.84. The number of nitrogens with zero attached hydrogens (tertiary/aromatic N) is 4. The van der Waals surface area contributed by atoms with Crippen molar-refractivity contribution in [2.24, 2.45) is 0 Å². The lowest BCUT2D eigenvalue weighted by molar-refractivity contribution is -0.385. The van der Waals surface area contributed by atoms with E-state index in [-0.39, 0.29) is 18.2 Å². The normalized spacial score (nSPS) is 11.3. The highest BCUT2D eigenvalue weighted by molar-refractivity contribution is 5.43. The summed E-state index contributed by atoms with van der Waals surface area (Å²) in [7, 11) is 1.46. The van der Waals surface area contributed by atoms with Gasteiger partial charge in [-0.1, -0.05) is 18.2 Å². The molecule has 0 amide bonds. The zero-order valence-corrected chi connectivity index (χ0v) is 11.4. The Balaban J connectivity index is 2.27. The Kier molecular flexibility index (Phi) is 4.25. The van der Waals surface area contributed by atoms with Gasteiger partial charge in [0, 0.05) is 24.9 Å². The average molecular weight is 312 g/mol. The van der Waals surface area contributed by atoms with Crippen molar-refractivity contribution in [3.05, 3.63) is 57.9 Å². The van der Waals surface area contributed by atoms with Gasteiger partial charge in [-0.3, -0.25) is 10.1 Å². The highest BCUT2D eigenvalue weighted by atomic mass is 19.4. The number of alkyl halides is 3. The first-order chi connectivity index (χ1) is 10.3. The molecule has 1 aromatic carbocycles. The number of benzene rings is 1. The number of anilines is 1. The lowest BCUT2D eigenvalue weighted by Gasteiger charge is -2.18. The van der Waals surface area contributed by atoms with Crippen molar-refractivity contribution >= 4 is 11.6 Å². The van der Waals surface area contributed by atoms with Gasteiger partial charge in [0.2, 0.25) is 5.95 Å². The van der Waals surface area contributed by atoms with Crippen LogP contribution in [0.5, 0.6) is 0 Å². The van der Waals surface area contributed by atoms with Crippen molar-refractivity contribution in [1.82, 2.24) is 9.97 Å². The molecule has 0 saturated carbocycles. The Hall–Kier alpha value is -2.71. The molecule has 0 aliphatic rings. The largest absolute Gasteiger partial charge is 0.433 e. The molecule has 22 heavy (non-hydrogen) atoms. The quantitative estimate of drug-likeness (QED) is 0.641. The predicted octanol–water partition coefficient (Wildman–Crippen LogP) is 3.04. The van der Waals surface area contributed by atoms with Gasteiger partial charge < -0.3 is 4.90 Å². The molecule has 0 saturated heterocycles. The summed E-state index contributed by atoms with van der Waals surface area (Å²) in [4.78, 5) is 18.9. The minimum atomic E-state index is -4.57. The maximum absolute atomic E-state index is 12.6. The molecule has 1 heterocycles. The fraction of sp³-hybridized carbons (Fsp3) is 0.231. The van der Waals surface area contributed by atoms with Crippen molar-refractivity contribution in [2.45, 2.75) is 12.7 Å². The molecule has 116 valence electrons. The van der Waals surface area contributed by atoms with E-state index in [2.05, 4.69) is 9.97 Å². The first-order valence-electron chi connectivity index (χ1n) is 6.12. The molecule has 0 atom stereocenters. The van der Waals surface area contributed by atoms with Crippen LogP contribution in [0.4, 0.5) is 24.8 Å². The number of para-hydroxylation sites is 1. The van der Waals surface area contributed by atoms with Crippen LogP contribution >= 0.6 is 0 Å². The van der Waals surface area contributed by atoms with Gasteiger partial charge in [-0.25, -0.2) is 9.97 Å². The third-order valence-corrected chi connectivity index (χ3v) is 2.87. The molecule has 0 unspecified atom stereocenters. The monoisotopic (exact) mass is 312 g/mol. The van der Waals surface area contributed by atoms with E-state index in [1.54, 1.807) is 6.07 Å². The van der Waals surface area contributed by atoms with E-state index in [0.29, 0.717) is 5.56 Å². The van der Waals surface area contributed by atoms with E-state index in [0.717, 1.165) is 12.3 Å². The number of halogens is 3. The Morgan fingerprint density at radius 2 is 1.95 bits per heavy atom. The molecule has 6 nitrogen and oxygen atoms in total. The Morgan fingerprint density at radius 1 is 1.27 bits per heavy atom. The van der Waals surface area contributed by atoms with Gasteiger partial charge >= 0.3 is 6.18 Å². The van der Waals surface area contributed by atoms with Crippen LogP contribution in [0.3, 0.4) is 0 Å². The molecule has 0 radical (unpaired) electrons. The number of rotatable bonds is 4. The van der Waals surface area contributed by atoms with E-state index >= 15 is 0 Å². The van der Waals surface area contributed by atoms with Crippen LogP contribution in [0.2, 0.25) is 0 Å². The number of nitro groups is 1. The predicted molar refractivity (Wildman–Crippen MR) is 72.2 cm³/mol. The zero-order valence-electron chi connectivity index (χ0n) is 11.4. The molecule has 1 aromatic heterocycles. The first kappa shape index (κ1) is 15.7. The second kappa shape index (κ2) is 5.96. The summed E-state index contributed by atoms with van der Waals surface area (Å²) in [5.41, 5.74) is -0.816. The third kappa shape index (κ3) is 3.48. The molecular formula is C13H11F3N4O2. The molecule has 2 aromatic rings. The van der Waals surface area contributed by atoms with Crippen molar-refractivity contribution < 1.29 is 18.1 Å². The Labute approximate surface area is 123 Å². The summed E-state index contributed by atoms with van der Waals surface area (Å²) in [6.07, 6.45) is -3.57. The van der Waals surface area contributed by atoms with Crippen LogP contribution in [-0.2, 0) is 12.7 Å². The summed E-state index contributed by atoms with van der Waals surface area (Å²) >= 11 is 0. The molecule has 0 fully saturated rings. The van der Waals surface area contributed by atoms with Gasteiger partial charge in [0.25, 0.3) is 5.69 Å². The van der Waals surface area contributed by atoms with Crippen LogP contribution in [0.15, 0.2) is 36.5 Å². The van der Waals surface area contributed by atoms with Crippen LogP contribution in [-0.4, -0.2) is 21.9 Å². The van der Waals surface area contributed by atoms with Gasteiger partial charge in [0.05, 0.1) is 11.5 Å². The second-order valence-corrected chi connectivity index (χ2v) is 4.48. The molecule has 0 bridgehead atoms. The fourth-order valence-electron chi connectivity index (χ4n) is 1.84. The van der Waals surface area contributed by atoms with Crippen molar-refractivity contribution in [3.63, 3.8) is 0 Å². The van der Waals surface area contributed by atoms with Gasteiger partial charge in [0.1, 0.15) is 5.69 Å². The number of aromatic nitrogens is 2. The smallest absolute Gasteiger partial charge is 0.339 e. The Morgan fingerprint density at radius 3 is 2.59 bits per heavy atom. The highest BCUT2D eigenvalue weighted by Gasteiger charge is 2.33.